The summed E-state index contributed by atoms with van der Waals surface area (Å²) in [7, 11) is 0. The lowest BCUT2D eigenvalue weighted by Gasteiger charge is -2.28. The first-order chi connectivity index (χ1) is 11.9. The Kier molecular flexibility index (Phi) is 8.98. The van der Waals surface area contributed by atoms with E-state index in [1.165, 1.54) is 0 Å². The summed E-state index contributed by atoms with van der Waals surface area (Å²) in [5.41, 5.74) is 2.09. The van der Waals surface area contributed by atoms with Crippen LogP contribution in [0.25, 0.3) is 0 Å². The third-order valence-corrected chi connectivity index (χ3v) is 4.41. The van der Waals surface area contributed by atoms with Crippen LogP contribution in [0.5, 0.6) is 5.75 Å². The molecular weight excluding hydrogens is 314 g/mol. The van der Waals surface area contributed by atoms with Crippen molar-refractivity contribution in [2.75, 3.05) is 18.5 Å². The summed E-state index contributed by atoms with van der Waals surface area (Å²) in [5.74, 6) is 0.839. The van der Waals surface area contributed by atoms with Gasteiger partial charge >= 0.3 is 0 Å². The molecule has 1 amide bonds. The van der Waals surface area contributed by atoms with Crippen LogP contribution in [-0.4, -0.2) is 24.7 Å². The standard InChI is InChI=1S/C21H35NO3/c1-7-10-12-21(6,25-9-3)20(23)22-18-14-16(4)19(17(5)15-18)24-13-11-8-2/h14-15H,7-13H2,1-6H3,(H,22,23). The first kappa shape index (κ1) is 21.5. The van der Waals surface area contributed by atoms with E-state index in [9.17, 15) is 4.79 Å². The zero-order valence-electron chi connectivity index (χ0n) is 16.8. The van der Waals surface area contributed by atoms with E-state index in [2.05, 4.69) is 19.2 Å². The Morgan fingerprint density at radius 1 is 1.08 bits per heavy atom. The monoisotopic (exact) mass is 349 g/mol. The van der Waals surface area contributed by atoms with Crippen LogP contribution in [0.3, 0.4) is 0 Å². The molecule has 1 atom stereocenters. The Bertz CT molecular complexity index is 533. The molecule has 0 aromatic heterocycles. The van der Waals surface area contributed by atoms with E-state index in [0.717, 1.165) is 61.3 Å². The molecular formula is C21H35NO3. The van der Waals surface area contributed by atoms with Crippen LogP contribution in [0.1, 0.15) is 70.9 Å². The minimum absolute atomic E-state index is 0.0822. The largest absolute Gasteiger partial charge is 0.493 e. The van der Waals surface area contributed by atoms with Crippen LogP contribution in [0.4, 0.5) is 5.69 Å². The predicted molar refractivity (Wildman–Crippen MR) is 105 cm³/mol. The van der Waals surface area contributed by atoms with Crippen LogP contribution in [0.15, 0.2) is 12.1 Å². The molecule has 0 spiro atoms. The first-order valence-electron chi connectivity index (χ1n) is 9.57. The summed E-state index contributed by atoms with van der Waals surface area (Å²) in [4.78, 5) is 12.8. The fraction of sp³-hybridized carbons (Fsp3) is 0.667. The average molecular weight is 350 g/mol. The van der Waals surface area contributed by atoms with E-state index in [4.69, 9.17) is 9.47 Å². The van der Waals surface area contributed by atoms with Crippen molar-refractivity contribution in [3.63, 3.8) is 0 Å². The van der Waals surface area contributed by atoms with Gasteiger partial charge in [-0.25, -0.2) is 0 Å². The maximum atomic E-state index is 12.8. The van der Waals surface area contributed by atoms with Gasteiger partial charge < -0.3 is 14.8 Å². The number of nitrogens with one attached hydrogen (secondary N) is 1. The second-order valence-electron chi connectivity index (χ2n) is 6.86. The minimum atomic E-state index is -0.789. The number of unbranched alkanes of at least 4 members (excludes halogenated alkanes) is 2. The van der Waals surface area contributed by atoms with E-state index in [1.54, 1.807) is 0 Å². The normalized spacial score (nSPS) is 13.4. The third kappa shape index (κ3) is 6.35. The second kappa shape index (κ2) is 10.4. The van der Waals surface area contributed by atoms with Crippen molar-refractivity contribution in [1.29, 1.82) is 0 Å². The fourth-order valence-corrected chi connectivity index (χ4v) is 2.92. The second-order valence-corrected chi connectivity index (χ2v) is 6.86. The van der Waals surface area contributed by atoms with Crippen LogP contribution in [0, 0.1) is 13.8 Å². The van der Waals surface area contributed by atoms with Crippen LogP contribution in [0.2, 0.25) is 0 Å². The van der Waals surface area contributed by atoms with Crippen molar-refractivity contribution < 1.29 is 14.3 Å². The highest BCUT2D eigenvalue weighted by molar-refractivity contribution is 5.97. The van der Waals surface area contributed by atoms with Crippen molar-refractivity contribution in [2.45, 2.75) is 79.2 Å². The molecule has 1 aromatic carbocycles. The number of aryl methyl sites for hydroxylation is 2. The molecule has 0 aliphatic rings. The Morgan fingerprint density at radius 3 is 2.20 bits per heavy atom. The summed E-state index contributed by atoms with van der Waals surface area (Å²) >= 11 is 0. The SMILES string of the molecule is CCCCOc1c(C)cc(NC(=O)C(C)(CCCC)OCC)cc1C. The minimum Gasteiger partial charge on any atom is -0.493 e. The van der Waals surface area contributed by atoms with Crippen molar-refractivity contribution in [2.24, 2.45) is 0 Å². The van der Waals surface area contributed by atoms with Gasteiger partial charge in [0, 0.05) is 12.3 Å². The smallest absolute Gasteiger partial charge is 0.256 e. The number of anilines is 1. The van der Waals surface area contributed by atoms with E-state index in [1.807, 2.05) is 39.8 Å². The summed E-state index contributed by atoms with van der Waals surface area (Å²) in [6, 6.07) is 3.94. The van der Waals surface area contributed by atoms with Crippen molar-refractivity contribution in [3.05, 3.63) is 23.3 Å². The molecule has 0 saturated heterocycles. The maximum absolute atomic E-state index is 12.8. The number of amides is 1. The molecule has 1 aromatic rings. The Labute approximate surface area is 153 Å². The summed E-state index contributed by atoms with van der Waals surface area (Å²) in [5, 5.41) is 3.03. The van der Waals surface area contributed by atoms with E-state index in [0.29, 0.717) is 6.61 Å². The topological polar surface area (TPSA) is 47.6 Å². The molecule has 4 heteroatoms. The molecule has 0 fully saturated rings. The summed E-state index contributed by atoms with van der Waals surface area (Å²) in [6.07, 6.45) is 4.88. The molecule has 0 bridgehead atoms. The molecule has 142 valence electrons. The zero-order chi connectivity index (χ0) is 18.9. The van der Waals surface area contributed by atoms with Crippen molar-refractivity contribution in [3.8, 4) is 5.75 Å². The first-order valence-corrected chi connectivity index (χ1v) is 9.57. The Balaban J connectivity index is 2.88. The fourth-order valence-electron chi connectivity index (χ4n) is 2.92. The molecule has 25 heavy (non-hydrogen) atoms. The number of carbonyl (C=O) groups is 1. The molecule has 4 nitrogen and oxygen atoms in total. The van der Waals surface area contributed by atoms with Gasteiger partial charge in [-0.05, 0) is 63.8 Å². The molecule has 0 saturated carbocycles. The molecule has 1 N–H and O–H groups in total. The average Bonchev–Trinajstić information content (AvgIpc) is 2.55. The molecule has 0 aliphatic heterocycles. The molecule has 0 heterocycles. The van der Waals surface area contributed by atoms with E-state index < -0.39 is 5.60 Å². The number of rotatable bonds is 11. The molecule has 1 unspecified atom stereocenters. The highest BCUT2D eigenvalue weighted by Gasteiger charge is 2.33. The number of ether oxygens (including phenoxy) is 2. The van der Waals surface area contributed by atoms with E-state index >= 15 is 0 Å². The Morgan fingerprint density at radius 2 is 1.68 bits per heavy atom. The lowest BCUT2D eigenvalue weighted by atomic mass is 9.97. The number of carbonyl (C=O) groups excluding carboxylic acids is 1. The van der Waals surface area contributed by atoms with Gasteiger partial charge in [-0.3, -0.25) is 4.79 Å². The van der Waals surface area contributed by atoms with Gasteiger partial charge in [0.15, 0.2) is 0 Å². The van der Waals surface area contributed by atoms with Gasteiger partial charge in [-0.1, -0.05) is 33.1 Å². The van der Waals surface area contributed by atoms with Gasteiger partial charge in [-0.2, -0.15) is 0 Å². The summed E-state index contributed by atoms with van der Waals surface area (Å²) < 4.78 is 11.7. The number of hydrogen-bond acceptors (Lipinski definition) is 3. The quantitative estimate of drug-likeness (QED) is 0.544. The molecule has 0 aliphatic carbocycles. The predicted octanol–water partition coefficient (Wildman–Crippen LogP) is 5.41. The van der Waals surface area contributed by atoms with Crippen molar-refractivity contribution >= 4 is 11.6 Å². The van der Waals surface area contributed by atoms with E-state index in [-0.39, 0.29) is 5.91 Å². The molecule has 1 rings (SSSR count). The number of hydrogen-bond donors (Lipinski definition) is 1. The summed E-state index contributed by atoms with van der Waals surface area (Å²) in [6.45, 7) is 13.4. The van der Waals surface area contributed by atoms with Gasteiger partial charge in [0.2, 0.25) is 0 Å². The van der Waals surface area contributed by atoms with Crippen LogP contribution >= 0.6 is 0 Å². The Hall–Kier alpha value is -1.55. The van der Waals surface area contributed by atoms with Gasteiger partial charge in [-0.15, -0.1) is 0 Å². The van der Waals surface area contributed by atoms with Gasteiger partial charge in [0.1, 0.15) is 11.4 Å². The van der Waals surface area contributed by atoms with Gasteiger partial charge in [0.25, 0.3) is 5.91 Å². The highest BCUT2D eigenvalue weighted by atomic mass is 16.5. The zero-order valence-corrected chi connectivity index (χ0v) is 16.8. The lowest BCUT2D eigenvalue weighted by molar-refractivity contribution is -0.139. The number of benzene rings is 1. The lowest BCUT2D eigenvalue weighted by Crippen LogP contribution is -2.42. The van der Waals surface area contributed by atoms with Crippen LogP contribution < -0.4 is 10.1 Å². The molecule has 0 radical (unpaired) electrons. The highest BCUT2D eigenvalue weighted by Crippen LogP contribution is 2.29. The van der Waals surface area contributed by atoms with Crippen LogP contribution in [-0.2, 0) is 9.53 Å². The van der Waals surface area contributed by atoms with Crippen molar-refractivity contribution in [1.82, 2.24) is 0 Å². The van der Waals surface area contributed by atoms with Gasteiger partial charge in [0.05, 0.1) is 6.61 Å². The third-order valence-electron chi connectivity index (χ3n) is 4.41. The maximum Gasteiger partial charge on any atom is 0.256 e.